The molecule has 5 nitrogen and oxygen atoms in total. The van der Waals surface area contributed by atoms with E-state index in [2.05, 4.69) is 15.2 Å². The van der Waals surface area contributed by atoms with E-state index in [1.165, 1.54) is 0 Å². The molecule has 21 heavy (non-hydrogen) atoms. The van der Waals surface area contributed by atoms with Gasteiger partial charge in [0.2, 0.25) is 5.91 Å². The summed E-state index contributed by atoms with van der Waals surface area (Å²) in [5, 5.41) is 6.36. The van der Waals surface area contributed by atoms with Crippen LogP contribution in [0.2, 0.25) is 5.02 Å². The van der Waals surface area contributed by atoms with Crippen molar-refractivity contribution in [1.82, 2.24) is 4.90 Å². The van der Waals surface area contributed by atoms with E-state index in [0.717, 1.165) is 24.0 Å². The number of aliphatic imine (C=N–C) groups is 1. The minimum Gasteiger partial charge on any atom is -0.495 e. The Morgan fingerprint density at radius 3 is 3.24 bits per heavy atom. The van der Waals surface area contributed by atoms with Crippen LogP contribution < -0.4 is 10.1 Å². The fourth-order valence-corrected chi connectivity index (χ4v) is 3.38. The maximum absolute atomic E-state index is 12.2. The summed E-state index contributed by atoms with van der Waals surface area (Å²) < 4.78 is 5.22. The third-order valence-corrected chi connectivity index (χ3v) is 4.41. The summed E-state index contributed by atoms with van der Waals surface area (Å²) in [4.78, 5) is 18.7. The lowest BCUT2D eigenvalue weighted by Crippen LogP contribution is -2.24. The number of carbonyl (C=O) groups excluding carboxylic acids is 1. The van der Waals surface area contributed by atoms with E-state index in [0.29, 0.717) is 22.9 Å². The molecule has 2 aliphatic heterocycles. The number of thioether (sulfide) groups is 1. The van der Waals surface area contributed by atoms with Crippen LogP contribution in [0.25, 0.3) is 0 Å². The van der Waals surface area contributed by atoms with E-state index in [-0.39, 0.29) is 5.91 Å². The Bertz CT molecular complexity index is 645. The molecule has 0 fully saturated rings. The lowest BCUT2D eigenvalue weighted by molar-refractivity contribution is -0.115. The molecule has 7 heteroatoms. The Balaban J connectivity index is 1.67. The van der Waals surface area contributed by atoms with Crippen molar-refractivity contribution in [2.24, 2.45) is 4.99 Å². The molecule has 110 valence electrons. The number of amides is 1. The molecule has 0 radical (unpaired) electrons. The molecule has 3 rings (SSSR count). The van der Waals surface area contributed by atoms with Crippen molar-refractivity contribution >= 4 is 40.1 Å². The van der Waals surface area contributed by atoms with E-state index in [9.17, 15) is 4.79 Å². The number of amidine groups is 1. The van der Waals surface area contributed by atoms with Crippen LogP contribution in [0.3, 0.4) is 0 Å². The molecule has 0 unspecified atom stereocenters. The summed E-state index contributed by atoms with van der Waals surface area (Å²) in [6, 6.07) is 5.13. The van der Waals surface area contributed by atoms with Crippen molar-refractivity contribution in [3.63, 3.8) is 0 Å². The number of rotatable bonds is 4. The summed E-state index contributed by atoms with van der Waals surface area (Å²) in [6.07, 6.45) is 0.307. The van der Waals surface area contributed by atoms with Crippen molar-refractivity contribution < 1.29 is 9.53 Å². The molecule has 1 aromatic carbocycles. The molecular weight excluding hydrogens is 310 g/mol. The fraction of sp³-hybridized carbons (Fsp3) is 0.286. The van der Waals surface area contributed by atoms with Crippen LogP contribution in [0.1, 0.15) is 6.42 Å². The average Bonchev–Trinajstić information content (AvgIpc) is 3.04. The predicted octanol–water partition coefficient (Wildman–Crippen LogP) is 2.94. The van der Waals surface area contributed by atoms with Gasteiger partial charge in [-0.05, 0) is 23.6 Å². The third kappa shape index (κ3) is 3.01. The molecule has 0 saturated carbocycles. The fourth-order valence-electron chi connectivity index (χ4n) is 2.25. The number of hydrogen-bond acceptors (Lipinski definition) is 5. The zero-order valence-electron chi connectivity index (χ0n) is 11.4. The van der Waals surface area contributed by atoms with Crippen LogP contribution in [-0.2, 0) is 4.79 Å². The lowest BCUT2D eigenvalue weighted by Gasteiger charge is -2.16. The SMILES string of the molecule is COc1ccc(Cl)cc1NC(=O)CC1=CSC2=NCCN12. The van der Waals surface area contributed by atoms with Gasteiger partial charge in [-0.15, -0.1) is 0 Å². The maximum atomic E-state index is 12.2. The molecule has 1 aromatic rings. The van der Waals surface area contributed by atoms with E-state index in [1.807, 2.05) is 5.41 Å². The molecule has 2 aliphatic rings. The summed E-state index contributed by atoms with van der Waals surface area (Å²) in [5.74, 6) is 0.488. The maximum Gasteiger partial charge on any atom is 0.230 e. The Labute approximate surface area is 132 Å². The molecule has 1 N–H and O–H groups in total. The molecule has 0 aliphatic carbocycles. The van der Waals surface area contributed by atoms with Crippen molar-refractivity contribution in [3.05, 3.63) is 34.3 Å². The Morgan fingerprint density at radius 2 is 2.43 bits per heavy atom. The number of halogens is 1. The molecule has 0 atom stereocenters. The zero-order chi connectivity index (χ0) is 14.8. The zero-order valence-corrected chi connectivity index (χ0v) is 13.0. The van der Waals surface area contributed by atoms with Crippen molar-refractivity contribution in [2.45, 2.75) is 6.42 Å². The van der Waals surface area contributed by atoms with E-state index in [4.69, 9.17) is 16.3 Å². The number of hydrogen-bond donors (Lipinski definition) is 1. The Kier molecular flexibility index (Phi) is 4.07. The van der Waals surface area contributed by atoms with Crippen molar-refractivity contribution in [3.8, 4) is 5.75 Å². The summed E-state index contributed by atoms with van der Waals surface area (Å²) in [5.41, 5.74) is 1.56. The van der Waals surface area contributed by atoms with Crippen molar-refractivity contribution in [2.75, 3.05) is 25.5 Å². The molecule has 2 heterocycles. The van der Waals surface area contributed by atoms with Gasteiger partial charge < -0.3 is 15.0 Å². The van der Waals surface area contributed by atoms with Crippen LogP contribution in [0.15, 0.2) is 34.3 Å². The number of benzene rings is 1. The minimum absolute atomic E-state index is 0.101. The highest BCUT2D eigenvalue weighted by molar-refractivity contribution is 8.16. The second-order valence-corrected chi connectivity index (χ2v) is 5.89. The highest BCUT2D eigenvalue weighted by atomic mass is 35.5. The van der Waals surface area contributed by atoms with E-state index >= 15 is 0 Å². The molecular formula is C14H14ClN3O2S. The first-order valence-electron chi connectivity index (χ1n) is 6.48. The minimum atomic E-state index is -0.101. The van der Waals surface area contributed by atoms with Gasteiger partial charge in [0.1, 0.15) is 5.75 Å². The number of fused-ring (bicyclic) bond motifs is 1. The van der Waals surface area contributed by atoms with Gasteiger partial charge in [0, 0.05) is 17.3 Å². The number of carbonyl (C=O) groups is 1. The van der Waals surface area contributed by atoms with Gasteiger partial charge in [-0.3, -0.25) is 9.79 Å². The molecule has 0 aromatic heterocycles. The molecule has 0 saturated heterocycles. The van der Waals surface area contributed by atoms with Gasteiger partial charge in [-0.25, -0.2) is 0 Å². The summed E-state index contributed by atoms with van der Waals surface area (Å²) in [7, 11) is 1.56. The van der Waals surface area contributed by atoms with Gasteiger partial charge in [0.15, 0.2) is 5.17 Å². The first kappa shape index (κ1) is 14.3. The van der Waals surface area contributed by atoms with Gasteiger partial charge in [0.25, 0.3) is 0 Å². The molecule has 0 spiro atoms. The van der Waals surface area contributed by atoms with Crippen LogP contribution in [0.4, 0.5) is 5.69 Å². The largest absolute Gasteiger partial charge is 0.495 e. The first-order valence-corrected chi connectivity index (χ1v) is 7.74. The normalized spacial score (nSPS) is 16.4. The summed E-state index contributed by atoms with van der Waals surface area (Å²) >= 11 is 7.52. The van der Waals surface area contributed by atoms with Crippen LogP contribution in [-0.4, -0.2) is 36.2 Å². The second kappa shape index (κ2) is 5.99. The molecule has 0 bridgehead atoms. The van der Waals surface area contributed by atoms with Gasteiger partial charge in [-0.1, -0.05) is 23.4 Å². The quantitative estimate of drug-likeness (QED) is 0.925. The smallest absolute Gasteiger partial charge is 0.230 e. The number of anilines is 1. The average molecular weight is 324 g/mol. The second-order valence-electron chi connectivity index (χ2n) is 4.61. The number of nitrogens with one attached hydrogen (secondary N) is 1. The monoisotopic (exact) mass is 323 g/mol. The molecule has 1 amide bonds. The van der Waals surface area contributed by atoms with Crippen LogP contribution in [0.5, 0.6) is 5.75 Å². The van der Waals surface area contributed by atoms with Gasteiger partial charge >= 0.3 is 0 Å². The van der Waals surface area contributed by atoms with Gasteiger partial charge in [-0.2, -0.15) is 0 Å². The highest BCUT2D eigenvalue weighted by Crippen LogP contribution is 2.32. The number of methoxy groups -OCH3 is 1. The highest BCUT2D eigenvalue weighted by Gasteiger charge is 2.27. The van der Waals surface area contributed by atoms with Gasteiger partial charge in [0.05, 0.1) is 25.8 Å². The van der Waals surface area contributed by atoms with Crippen LogP contribution >= 0.6 is 23.4 Å². The van der Waals surface area contributed by atoms with Crippen LogP contribution in [0, 0.1) is 0 Å². The standard InChI is InChI=1S/C14H14ClN3O2S/c1-20-12-3-2-9(15)6-11(12)17-13(19)7-10-8-21-14-16-4-5-18(10)14/h2-3,6,8H,4-5,7H2,1H3,(H,17,19). The first-order chi connectivity index (χ1) is 10.2. The number of ether oxygens (including phenoxy) is 1. The predicted molar refractivity (Wildman–Crippen MR) is 85.9 cm³/mol. The number of nitrogens with zero attached hydrogens (tertiary/aromatic N) is 2. The van der Waals surface area contributed by atoms with Crippen molar-refractivity contribution in [1.29, 1.82) is 0 Å². The van der Waals surface area contributed by atoms with E-state index in [1.54, 1.807) is 37.1 Å². The topological polar surface area (TPSA) is 53.9 Å². The third-order valence-electron chi connectivity index (χ3n) is 3.23. The lowest BCUT2D eigenvalue weighted by atomic mass is 10.2. The Morgan fingerprint density at radius 1 is 1.57 bits per heavy atom. The van der Waals surface area contributed by atoms with E-state index < -0.39 is 0 Å². The Hall–Kier alpha value is -1.66. The summed E-state index contributed by atoms with van der Waals surface area (Å²) in [6.45, 7) is 1.64.